The van der Waals surface area contributed by atoms with Gasteiger partial charge in [0.05, 0.1) is 6.20 Å². The first kappa shape index (κ1) is 16.8. The van der Waals surface area contributed by atoms with Crippen LogP contribution in [0.15, 0.2) is 36.7 Å². The molecule has 2 atom stereocenters. The number of fused-ring (bicyclic) bond motifs is 2. The van der Waals surface area contributed by atoms with Crippen molar-refractivity contribution in [1.82, 2.24) is 9.88 Å². The molecular formula is C21H24FN3O2. The zero-order chi connectivity index (χ0) is 18.2. The number of aromatic nitrogens is 1. The number of nitrogens with one attached hydrogen (secondary N) is 1. The van der Waals surface area contributed by atoms with E-state index in [2.05, 4.69) is 15.2 Å². The summed E-state index contributed by atoms with van der Waals surface area (Å²) in [6, 6.07) is 6.96. The van der Waals surface area contributed by atoms with Gasteiger partial charge in [0.1, 0.15) is 18.5 Å². The van der Waals surface area contributed by atoms with E-state index in [1.54, 1.807) is 18.5 Å². The molecule has 3 aliphatic heterocycles. The van der Waals surface area contributed by atoms with Crippen LogP contribution in [-0.4, -0.2) is 48.8 Å². The molecule has 2 unspecified atom stereocenters. The normalized spacial score (nSPS) is 25.1. The lowest BCUT2D eigenvalue weighted by Crippen LogP contribution is -2.44. The number of ether oxygens (including phenoxy) is 2. The Morgan fingerprint density at radius 3 is 2.96 bits per heavy atom. The maximum absolute atomic E-state index is 13.7. The summed E-state index contributed by atoms with van der Waals surface area (Å²) in [5.41, 5.74) is 2.26. The minimum atomic E-state index is -0.135. The van der Waals surface area contributed by atoms with Crippen molar-refractivity contribution >= 4 is 5.69 Å². The van der Waals surface area contributed by atoms with Crippen LogP contribution in [0.4, 0.5) is 10.1 Å². The first-order valence-electron chi connectivity index (χ1n) is 9.75. The molecule has 2 aromatic rings. The second kappa shape index (κ2) is 7.00. The van der Waals surface area contributed by atoms with Crippen LogP contribution in [-0.2, 0) is 0 Å². The predicted octanol–water partition coefficient (Wildman–Crippen LogP) is 3.28. The summed E-state index contributed by atoms with van der Waals surface area (Å²) in [7, 11) is 0. The second-order valence-electron chi connectivity index (χ2n) is 7.73. The third-order valence-corrected chi connectivity index (χ3v) is 6.05. The van der Waals surface area contributed by atoms with Gasteiger partial charge in [-0.2, -0.15) is 0 Å². The number of halogens is 1. The van der Waals surface area contributed by atoms with E-state index >= 15 is 0 Å². The van der Waals surface area contributed by atoms with E-state index in [1.165, 1.54) is 6.07 Å². The van der Waals surface area contributed by atoms with Gasteiger partial charge in [-0.1, -0.05) is 0 Å². The largest absolute Gasteiger partial charge is 0.486 e. The highest BCUT2D eigenvalue weighted by atomic mass is 19.1. The van der Waals surface area contributed by atoms with E-state index in [1.807, 2.05) is 12.1 Å². The molecule has 0 bridgehead atoms. The fourth-order valence-corrected chi connectivity index (χ4v) is 4.64. The lowest BCUT2D eigenvalue weighted by atomic mass is 9.81. The molecule has 1 aromatic carbocycles. The van der Waals surface area contributed by atoms with Gasteiger partial charge in [-0.25, -0.2) is 4.39 Å². The van der Waals surface area contributed by atoms with Gasteiger partial charge < -0.3 is 14.8 Å². The van der Waals surface area contributed by atoms with Gasteiger partial charge in [-0.3, -0.25) is 9.88 Å². The Bertz CT molecular complexity index is 823. The molecule has 4 heterocycles. The summed E-state index contributed by atoms with van der Waals surface area (Å²) < 4.78 is 25.5. The van der Waals surface area contributed by atoms with E-state index in [4.69, 9.17) is 9.47 Å². The Morgan fingerprint density at radius 2 is 2.07 bits per heavy atom. The van der Waals surface area contributed by atoms with Crippen molar-refractivity contribution in [3.8, 4) is 11.5 Å². The number of rotatable bonds is 3. The Labute approximate surface area is 158 Å². The highest BCUT2D eigenvalue weighted by molar-refractivity contribution is 5.58. The minimum absolute atomic E-state index is 0.0428. The molecule has 6 heteroatoms. The fourth-order valence-electron chi connectivity index (χ4n) is 4.64. The highest BCUT2D eigenvalue weighted by Crippen LogP contribution is 2.41. The number of anilines is 1. The molecule has 5 nitrogen and oxygen atoms in total. The smallest absolute Gasteiger partial charge is 0.180 e. The average Bonchev–Trinajstić information content (AvgIpc) is 3.11. The molecule has 1 N–H and O–H groups in total. The molecule has 3 aliphatic rings. The molecule has 0 amide bonds. The van der Waals surface area contributed by atoms with E-state index in [-0.39, 0.29) is 11.9 Å². The topological polar surface area (TPSA) is 46.6 Å². The van der Waals surface area contributed by atoms with Crippen LogP contribution < -0.4 is 14.8 Å². The van der Waals surface area contributed by atoms with Gasteiger partial charge in [-0.05, 0) is 55.6 Å². The number of hydrogen-bond acceptors (Lipinski definition) is 5. The monoisotopic (exact) mass is 369 g/mol. The molecule has 0 radical (unpaired) electrons. The van der Waals surface area contributed by atoms with Crippen LogP contribution in [0.3, 0.4) is 0 Å². The summed E-state index contributed by atoms with van der Waals surface area (Å²) in [5, 5.41) is 3.44. The number of nitrogens with zero attached hydrogens (tertiary/aromatic N) is 2. The van der Waals surface area contributed by atoms with Crippen molar-refractivity contribution < 1.29 is 13.9 Å². The van der Waals surface area contributed by atoms with Crippen molar-refractivity contribution in [1.29, 1.82) is 0 Å². The first-order valence-corrected chi connectivity index (χ1v) is 9.75. The first-order chi connectivity index (χ1) is 13.3. The maximum atomic E-state index is 13.7. The van der Waals surface area contributed by atoms with Crippen molar-refractivity contribution in [2.45, 2.75) is 24.9 Å². The summed E-state index contributed by atoms with van der Waals surface area (Å²) in [4.78, 5) is 6.57. The van der Waals surface area contributed by atoms with Crippen LogP contribution in [0.2, 0.25) is 0 Å². The SMILES string of the molecule is Fc1ccc2c(c1)C(C1CCN(CC3COc4ccncc4O3)CC1)CN2. The van der Waals surface area contributed by atoms with Crippen LogP contribution >= 0.6 is 0 Å². The molecule has 1 saturated heterocycles. The van der Waals surface area contributed by atoms with Gasteiger partial charge in [-0.15, -0.1) is 0 Å². The zero-order valence-corrected chi connectivity index (χ0v) is 15.2. The van der Waals surface area contributed by atoms with Gasteiger partial charge in [0.25, 0.3) is 0 Å². The summed E-state index contributed by atoms with van der Waals surface area (Å²) >= 11 is 0. The van der Waals surface area contributed by atoms with Crippen LogP contribution in [0.1, 0.15) is 24.3 Å². The number of piperidine rings is 1. The third kappa shape index (κ3) is 3.34. The summed E-state index contributed by atoms with van der Waals surface area (Å²) in [6.45, 7) is 4.47. The number of benzene rings is 1. The molecule has 0 saturated carbocycles. The molecule has 1 fully saturated rings. The van der Waals surface area contributed by atoms with Crippen molar-refractivity contribution in [2.75, 3.05) is 38.1 Å². The number of likely N-dealkylation sites (tertiary alicyclic amines) is 1. The second-order valence-corrected chi connectivity index (χ2v) is 7.73. The summed E-state index contributed by atoms with van der Waals surface area (Å²) in [5.74, 6) is 2.40. The average molecular weight is 369 g/mol. The summed E-state index contributed by atoms with van der Waals surface area (Å²) in [6.07, 6.45) is 5.75. The van der Waals surface area contributed by atoms with Crippen molar-refractivity contribution in [3.63, 3.8) is 0 Å². The zero-order valence-electron chi connectivity index (χ0n) is 15.2. The Hall–Kier alpha value is -2.34. The molecule has 142 valence electrons. The highest BCUT2D eigenvalue weighted by Gasteiger charge is 2.33. The molecule has 0 spiro atoms. The Balaban J connectivity index is 1.17. The van der Waals surface area contributed by atoms with Gasteiger partial charge in [0.15, 0.2) is 11.5 Å². The molecule has 27 heavy (non-hydrogen) atoms. The molecule has 1 aromatic heterocycles. The predicted molar refractivity (Wildman–Crippen MR) is 101 cm³/mol. The van der Waals surface area contributed by atoms with Gasteiger partial charge >= 0.3 is 0 Å². The molecular weight excluding hydrogens is 345 g/mol. The Kier molecular flexibility index (Phi) is 4.36. The van der Waals surface area contributed by atoms with E-state index < -0.39 is 0 Å². The number of pyridine rings is 1. The van der Waals surface area contributed by atoms with E-state index in [9.17, 15) is 4.39 Å². The molecule has 5 rings (SSSR count). The standard InChI is InChI=1S/C21H24FN3O2/c22-15-1-2-19-17(9-15)18(10-24-19)14-4-7-25(8-5-14)12-16-13-26-20-3-6-23-11-21(20)27-16/h1-3,6,9,11,14,16,18,24H,4-5,7-8,10,12-13H2. The van der Waals surface area contributed by atoms with Crippen molar-refractivity contribution in [3.05, 3.63) is 48.0 Å². The van der Waals surface area contributed by atoms with Crippen LogP contribution in [0.5, 0.6) is 11.5 Å². The fraction of sp³-hybridized carbons (Fsp3) is 0.476. The van der Waals surface area contributed by atoms with Gasteiger partial charge in [0.2, 0.25) is 0 Å². The van der Waals surface area contributed by atoms with Crippen molar-refractivity contribution in [2.24, 2.45) is 5.92 Å². The van der Waals surface area contributed by atoms with Crippen LogP contribution in [0, 0.1) is 11.7 Å². The Morgan fingerprint density at radius 1 is 1.19 bits per heavy atom. The quantitative estimate of drug-likeness (QED) is 0.900. The maximum Gasteiger partial charge on any atom is 0.180 e. The van der Waals surface area contributed by atoms with Crippen LogP contribution in [0.25, 0.3) is 0 Å². The minimum Gasteiger partial charge on any atom is -0.486 e. The lowest BCUT2D eigenvalue weighted by Gasteiger charge is -2.37. The third-order valence-electron chi connectivity index (χ3n) is 6.05. The van der Waals surface area contributed by atoms with Gasteiger partial charge in [0, 0.05) is 37.0 Å². The molecule has 0 aliphatic carbocycles. The lowest BCUT2D eigenvalue weighted by molar-refractivity contribution is 0.0459. The number of hydrogen-bond donors (Lipinski definition) is 1. The van der Waals surface area contributed by atoms with E-state index in [0.717, 1.165) is 61.8 Å². The van der Waals surface area contributed by atoms with E-state index in [0.29, 0.717) is 18.4 Å².